The van der Waals surface area contributed by atoms with Gasteiger partial charge in [0.05, 0.1) is 5.92 Å². The SMILES string of the molecule is [O]C([O])C1c2ccccc2-c2ccccc21. The van der Waals surface area contributed by atoms with Gasteiger partial charge in [-0.1, -0.05) is 48.5 Å². The molecule has 0 N–H and O–H groups in total. The minimum absolute atomic E-state index is 0.535. The van der Waals surface area contributed by atoms with E-state index in [0.717, 1.165) is 22.3 Å². The van der Waals surface area contributed by atoms with Crippen molar-refractivity contribution in [2.24, 2.45) is 0 Å². The Bertz CT molecular complexity index is 486. The average molecular weight is 210 g/mol. The second kappa shape index (κ2) is 3.44. The Morgan fingerprint density at radius 1 is 0.750 bits per heavy atom. The number of rotatable bonds is 1. The van der Waals surface area contributed by atoms with E-state index in [-0.39, 0.29) is 0 Å². The first-order chi connectivity index (χ1) is 7.79. The summed E-state index contributed by atoms with van der Waals surface area (Å²) in [6.07, 6.45) is -1.84. The first-order valence-electron chi connectivity index (χ1n) is 5.29. The number of fused-ring (bicyclic) bond motifs is 3. The van der Waals surface area contributed by atoms with Crippen LogP contribution in [-0.2, 0) is 10.2 Å². The fraction of sp³-hybridized carbons (Fsp3) is 0.143. The van der Waals surface area contributed by atoms with Gasteiger partial charge in [-0.05, 0) is 22.3 Å². The lowest BCUT2D eigenvalue weighted by Gasteiger charge is -2.11. The summed E-state index contributed by atoms with van der Waals surface area (Å²) < 4.78 is 0. The van der Waals surface area contributed by atoms with Crippen LogP contribution in [0.2, 0.25) is 0 Å². The molecular weight excluding hydrogens is 200 g/mol. The molecule has 0 heterocycles. The normalized spacial score (nSPS) is 13.9. The molecule has 0 spiro atoms. The summed E-state index contributed by atoms with van der Waals surface area (Å²) in [7, 11) is 0. The molecule has 0 fully saturated rings. The van der Waals surface area contributed by atoms with E-state index in [1.165, 1.54) is 0 Å². The van der Waals surface area contributed by atoms with Gasteiger partial charge < -0.3 is 0 Å². The zero-order chi connectivity index (χ0) is 11.1. The van der Waals surface area contributed by atoms with Crippen molar-refractivity contribution in [2.75, 3.05) is 0 Å². The molecule has 2 aromatic rings. The Balaban J connectivity index is 2.30. The predicted octanol–water partition coefficient (Wildman–Crippen LogP) is 2.99. The van der Waals surface area contributed by atoms with Crippen molar-refractivity contribution < 1.29 is 10.2 Å². The third-order valence-electron chi connectivity index (χ3n) is 3.15. The topological polar surface area (TPSA) is 39.8 Å². The van der Waals surface area contributed by atoms with E-state index in [0.29, 0.717) is 0 Å². The fourth-order valence-electron chi connectivity index (χ4n) is 2.49. The maximum atomic E-state index is 11.3. The third kappa shape index (κ3) is 1.21. The molecule has 0 unspecified atom stereocenters. The van der Waals surface area contributed by atoms with Crippen LogP contribution >= 0.6 is 0 Å². The zero-order valence-corrected chi connectivity index (χ0v) is 8.59. The van der Waals surface area contributed by atoms with E-state index in [2.05, 4.69) is 0 Å². The lowest BCUT2D eigenvalue weighted by Crippen LogP contribution is -2.13. The molecule has 0 aliphatic heterocycles. The van der Waals surface area contributed by atoms with E-state index in [1.54, 1.807) is 0 Å². The van der Waals surface area contributed by atoms with E-state index in [4.69, 9.17) is 0 Å². The molecule has 3 rings (SSSR count). The van der Waals surface area contributed by atoms with Crippen molar-refractivity contribution in [3.05, 3.63) is 59.7 Å². The largest absolute Gasteiger partial charge is 0.235 e. The van der Waals surface area contributed by atoms with Crippen molar-refractivity contribution in [3.63, 3.8) is 0 Å². The maximum Gasteiger partial charge on any atom is 0.235 e. The molecule has 2 nitrogen and oxygen atoms in total. The summed E-state index contributed by atoms with van der Waals surface area (Å²) >= 11 is 0. The minimum atomic E-state index is -1.84. The Kier molecular flexibility index (Phi) is 2.06. The van der Waals surface area contributed by atoms with Crippen molar-refractivity contribution in [1.82, 2.24) is 0 Å². The molecule has 0 saturated carbocycles. The van der Waals surface area contributed by atoms with Gasteiger partial charge in [-0.2, -0.15) is 10.2 Å². The van der Waals surface area contributed by atoms with Crippen LogP contribution in [0.15, 0.2) is 48.5 Å². The molecular formula is C14H10O2. The van der Waals surface area contributed by atoms with Crippen LogP contribution in [-0.4, -0.2) is 6.29 Å². The van der Waals surface area contributed by atoms with Crippen LogP contribution in [0.3, 0.4) is 0 Å². The lowest BCUT2D eigenvalue weighted by atomic mass is 9.97. The first-order valence-corrected chi connectivity index (χ1v) is 5.29. The summed E-state index contributed by atoms with van der Waals surface area (Å²) in [5, 5.41) is 22.6. The molecule has 16 heavy (non-hydrogen) atoms. The highest BCUT2D eigenvalue weighted by Gasteiger charge is 2.33. The molecule has 2 aromatic carbocycles. The van der Waals surface area contributed by atoms with E-state index in [9.17, 15) is 10.2 Å². The van der Waals surface area contributed by atoms with Crippen molar-refractivity contribution >= 4 is 0 Å². The predicted molar refractivity (Wildman–Crippen MR) is 58.9 cm³/mol. The zero-order valence-electron chi connectivity index (χ0n) is 8.59. The molecule has 1 aliphatic rings. The van der Waals surface area contributed by atoms with Crippen LogP contribution < -0.4 is 0 Å². The monoisotopic (exact) mass is 210 g/mol. The smallest absolute Gasteiger partial charge is 0.197 e. The van der Waals surface area contributed by atoms with Crippen LogP contribution in [0.5, 0.6) is 0 Å². The van der Waals surface area contributed by atoms with Crippen LogP contribution in [0.25, 0.3) is 11.1 Å². The number of benzene rings is 2. The van der Waals surface area contributed by atoms with E-state index < -0.39 is 12.2 Å². The minimum Gasteiger partial charge on any atom is -0.197 e. The molecule has 0 saturated heterocycles. The van der Waals surface area contributed by atoms with E-state index >= 15 is 0 Å². The van der Waals surface area contributed by atoms with Crippen LogP contribution in [0, 0.1) is 0 Å². The number of hydrogen-bond acceptors (Lipinski definition) is 0. The Morgan fingerprint density at radius 3 is 1.62 bits per heavy atom. The number of hydrogen-bond donors (Lipinski definition) is 0. The molecule has 0 atom stereocenters. The van der Waals surface area contributed by atoms with Crippen LogP contribution in [0.1, 0.15) is 17.0 Å². The van der Waals surface area contributed by atoms with Crippen molar-refractivity contribution in [3.8, 4) is 11.1 Å². The van der Waals surface area contributed by atoms with Gasteiger partial charge in [0.1, 0.15) is 0 Å². The summed E-state index contributed by atoms with van der Waals surface area (Å²) in [6, 6.07) is 15.3. The summed E-state index contributed by atoms with van der Waals surface area (Å²) in [4.78, 5) is 0. The highest BCUT2D eigenvalue weighted by Crippen LogP contribution is 2.45. The standard InChI is InChI=1S/C14H10O2/c15-14(16)13-11-7-3-1-5-9(11)10-6-2-4-8-12(10)13/h1-8,13-14H. The average Bonchev–Trinajstić information content (AvgIpc) is 2.63. The maximum absolute atomic E-state index is 11.3. The second-order valence-corrected chi connectivity index (χ2v) is 4.02. The van der Waals surface area contributed by atoms with Crippen molar-refractivity contribution in [2.45, 2.75) is 12.2 Å². The van der Waals surface area contributed by atoms with Crippen LogP contribution in [0.4, 0.5) is 0 Å². The third-order valence-corrected chi connectivity index (χ3v) is 3.15. The first kappa shape index (κ1) is 9.58. The summed E-state index contributed by atoms with van der Waals surface area (Å²) in [5.74, 6) is -0.535. The van der Waals surface area contributed by atoms with Gasteiger partial charge in [0.25, 0.3) is 0 Å². The van der Waals surface area contributed by atoms with Crippen molar-refractivity contribution in [1.29, 1.82) is 0 Å². The van der Waals surface area contributed by atoms with E-state index in [1.807, 2.05) is 48.5 Å². The molecule has 0 bridgehead atoms. The second-order valence-electron chi connectivity index (χ2n) is 4.02. The molecule has 0 amide bonds. The summed E-state index contributed by atoms with van der Waals surface area (Å²) in [5.41, 5.74) is 3.80. The fourth-order valence-corrected chi connectivity index (χ4v) is 2.49. The van der Waals surface area contributed by atoms with Gasteiger partial charge in [-0.25, -0.2) is 0 Å². The van der Waals surface area contributed by atoms with Gasteiger partial charge in [0.15, 0.2) is 0 Å². The van der Waals surface area contributed by atoms with Gasteiger partial charge >= 0.3 is 0 Å². The Labute approximate surface area is 93.8 Å². The van der Waals surface area contributed by atoms with Gasteiger partial charge in [-0.15, -0.1) is 0 Å². The Morgan fingerprint density at radius 2 is 1.19 bits per heavy atom. The van der Waals surface area contributed by atoms with Gasteiger partial charge in [0.2, 0.25) is 6.29 Å². The van der Waals surface area contributed by atoms with Gasteiger partial charge in [-0.3, -0.25) is 0 Å². The summed E-state index contributed by atoms with van der Waals surface area (Å²) in [6.45, 7) is 0. The lowest BCUT2D eigenvalue weighted by molar-refractivity contribution is -0.144. The van der Waals surface area contributed by atoms with Gasteiger partial charge in [0, 0.05) is 0 Å². The Hall–Kier alpha value is -1.64. The molecule has 2 radical (unpaired) electrons. The molecule has 78 valence electrons. The molecule has 1 aliphatic carbocycles. The highest BCUT2D eigenvalue weighted by molar-refractivity contribution is 5.78. The highest BCUT2D eigenvalue weighted by atomic mass is 16.5. The quantitative estimate of drug-likeness (QED) is 0.649. The molecule has 2 heteroatoms. The molecule has 0 aromatic heterocycles.